The summed E-state index contributed by atoms with van der Waals surface area (Å²) in [6.07, 6.45) is -3.83. The van der Waals surface area contributed by atoms with E-state index in [1.165, 1.54) is 0 Å². The average molecular weight is 280 g/mol. The number of nitrogens with zero attached hydrogens (tertiary/aromatic N) is 1. The molecule has 0 aliphatic rings. The molecule has 0 spiro atoms. The van der Waals surface area contributed by atoms with E-state index in [-0.39, 0.29) is 5.56 Å². The molecule has 0 aliphatic heterocycles. The molecule has 8 heteroatoms. The number of rotatable bonds is 4. The van der Waals surface area contributed by atoms with Gasteiger partial charge in [-0.25, -0.2) is 4.98 Å². The van der Waals surface area contributed by atoms with Crippen molar-refractivity contribution in [3.05, 3.63) is 29.8 Å². The van der Waals surface area contributed by atoms with E-state index >= 15 is 0 Å². The zero-order valence-corrected chi connectivity index (χ0v) is 10.2. The van der Waals surface area contributed by atoms with E-state index in [0.29, 0.717) is 0 Å². The molecule has 1 aromatic rings. The highest BCUT2D eigenvalue weighted by molar-refractivity contribution is 5.94. The van der Waals surface area contributed by atoms with Gasteiger partial charge in [0.2, 0.25) is 5.95 Å². The van der Waals surface area contributed by atoms with Crippen molar-refractivity contribution in [3.8, 4) is 0 Å². The number of halogens is 4. The van der Waals surface area contributed by atoms with Gasteiger partial charge in [-0.15, -0.1) is 0 Å². The van der Waals surface area contributed by atoms with Crippen LogP contribution in [0.5, 0.6) is 0 Å². The highest BCUT2D eigenvalue weighted by atomic mass is 19.4. The first kappa shape index (κ1) is 15.4. The van der Waals surface area contributed by atoms with Crippen molar-refractivity contribution >= 4 is 5.91 Å². The minimum absolute atomic E-state index is 0.173. The molecule has 1 amide bonds. The summed E-state index contributed by atoms with van der Waals surface area (Å²) in [5.41, 5.74) is -2.71. The van der Waals surface area contributed by atoms with Crippen molar-refractivity contribution < 1.29 is 27.1 Å². The summed E-state index contributed by atoms with van der Waals surface area (Å²) < 4.78 is 55.6. The van der Waals surface area contributed by atoms with E-state index < -0.39 is 30.2 Å². The number of alkyl halides is 3. The number of hydrogen-bond acceptors (Lipinski definition) is 3. The Morgan fingerprint density at radius 3 is 2.47 bits per heavy atom. The van der Waals surface area contributed by atoms with E-state index in [2.05, 4.69) is 9.72 Å². The maximum atomic E-state index is 12.9. The van der Waals surface area contributed by atoms with Gasteiger partial charge < -0.3 is 10.1 Å². The molecule has 1 rings (SSSR count). The topological polar surface area (TPSA) is 51.2 Å². The Kier molecular flexibility index (Phi) is 4.46. The second-order valence-corrected chi connectivity index (χ2v) is 4.09. The van der Waals surface area contributed by atoms with Crippen LogP contribution in [0.25, 0.3) is 0 Å². The molecule has 1 aromatic heterocycles. The van der Waals surface area contributed by atoms with Crippen molar-refractivity contribution in [3.63, 3.8) is 0 Å². The lowest BCUT2D eigenvalue weighted by molar-refractivity contribution is -0.200. The molecule has 19 heavy (non-hydrogen) atoms. The third-order valence-corrected chi connectivity index (χ3v) is 2.44. The van der Waals surface area contributed by atoms with Gasteiger partial charge in [0.25, 0.3) is 5.91 Å². The van der Waals surface area contributed by atoms with E-state index in [0.717, 1.165) is 32.4 Å². The molecule has 0 radical (unpaired) electrons. The molecule has 0 unspecified atom stereocenters. The monoisotopic (exact) mass is 280 g/mol. The second-order valence-electron chi connectivity index (χ2n) is 4.09. The lowest BCUT2D eigenvalue weighted by Crippen LogP contribution is -2.59. The fourth-order valence-corrected chi connectivity index (χ4v) is 1.31. The van der Waals surface area contributed by atoms with Crippen molar-refractivity contribution in [2.75, 3.05) is 13.7 Å². The van der Waals surface area contributed by atoms with Gasteiger partial charge in [-0.2, -0.15) is 17.6 Å². The Morgan fingerprint density at radius 1 is 1.42 bits per heavy atom. The first-order valence-electron chi connectivity index (χ1n) is 5.19. The molecule has 0 saturated carbocycles. The van der Waals surface area contributed by atoms with Gasteiger partial charge in [-0.1, -0.05) is 0 Å². The van der Waals surface area contributed by atoms with Gasteiger partial charge in [0.1, 0.15) is 0 Å². The number of pyridine rings is 1. The van der Waals surface area contributed by atoms with Crippen LogP contribution < -0.4 is 5.32 Å². The molecular weight excluding hydrogens is 268 g/mol. The van der Waals surface area contributed by atoms with Gasteiger partial charge >= 0.3 is 6.18 Å². The predicted molar refractivity (Wildman–Crippen MR) is 58.0 cm³/mol. The van der Waals surface area contributed by atoms with E-state index in [9.17, 15) is 22.4 Å². The Morgan fingerprint density at radius 2 is 2.05 bits per heavy atom. The first-order chi connectivity index (χ1) is 8.69. The van der Waals surface area contributed by atoms with E-state index in [1.807, 2.05) is 5.32 Å². The molecule has 0 saturated heterocycles. The average Bonchev–Trinajstić information content (AvgIpc) is 2.28. The van der Waals surface area contributed by atoms with Crippen molar-refractivity contribution in [1.82, 2.24) is 10.3 Å². The molecule has 0 bridgehead atoms. The first-order valence-corrected chi connectivity index (χ1v) is 5.19. The van der Waals surface area contributed by atoms with Gasteiger partial charge in [0, 0.05) is 13.3 Å². The summed E-state index contributed by atoms with van der Waals surface area (Å²) >= 11 is 0. The van der Waals surface area contributed by atoms with Gasteiger partial charge in [-0.3, -0.25) is 4.79 Å². The van der Waals surface area contributed by atoms with Crippen LogP contribution in [0.15, 0.2) is 18.3 Å². The Labute approximate surface area is 106 Å². The number of aromatic nitrogens is 1. The maximum Gasteiger partial charge on any atom is 0.413 e. The van der Waals surface area contributed by atoms with Crippen molar-refractivity contribution in [2.45, 2.75) is 18.6 Å². The zero-order chi connectivity index (χ0) is 14.7. The number of carbonyl (C=O) groups is 1. The Balaban J connectivity index is 2.91. The molecule has 1 atom stereocenters. The summed E-state index contributed by atoms with van der Waals surface area (Å²) in [7, 11) is 1.09. The second kappa shape index (κ2) is 5.52. The Bertz CT molecular complexity index is 447. The predicted octanol–water partition coefficient (Wildman–Crippen LogP) is 1.92. The Hall–Kier alpha value is -1.70. The summed E-state index contributed by atoms with van der Waals surface area (Å²) in [6, 6.07) is 1.93. The molecule has 1 heterocycles. The van der Waals surface area contributed by atoms with Crippen LogP contribution in [0, 0.1) is 5.95 Å². The van der Waals surface area contributed by atoms with Crippen LogP contribution >= 0.6 is 0 Å². The standard InChI is InChI=1S/C11H12F4N2O2/c1-10(6-19-2,11(13,14)15)17-9(18)7-3-4-8(12)16-5-7/h3-5H,6H2,1-2H3,(H,17,18)/t10-/m1/s1. The minimum atomic E-state index is -4.69. The van der Waals surface area contributed by atoms with Crippen molar-refractivity contribution in [2.24, 2.45) is 0 Å². The van der Waals surface area contributed by atoms with E-state index in [4.69, 9.17) is 0 Å². The van der Waals surface area contributed by atoms with Crippen LogP contribution in [0.4, 0.5) is 17.6 Å². The minimum Gasteiger partial charge on any atom is -0.382 e. The van der Waals surface area contributed by atoms with Crippen LogP contribution in [0.1, 0.15) is 17.3 Å². The molecule has 0 aliphatic carbocycles. The summed E-state index contributed by atoms with van der Waals surface area (Å²) in [5.74, 6) is -1.84. The van der Waals surface area contributed by atoms with Crippen LogP contribution in [-0.2, 0) is 4.74 Å². The van der Waals surface area contributed by atoms with Gasteiger partial charge in [0.05, 0.1) is 12.2 Å². The molecule has 106 valence electrons. The molecular formula is C11H12F4N2O2. The molecule has 0 aromatic carbocycles. The largest absolute Gasteiger partial charge is 0.413 e. The molecule has 0 fully saturated rings. The lowest BCUT2D eigenvalue weighted by Gasteiger charge is -2.32. The lowest BCUT2D eigenvalue weighted by atomic mass is 10.0. The highest BCUT2D eigenvalue weighted by Crippen LogP contribution is 2.30. The summed E-state index contributed by atoms with van der Waals surface area (Å²) in [6.45, 7) is 0.0578. The third kappa shape index (κ3) is 3.63. The fraction of sp³-hybridized carbons (Fsp3) is 0.455. The number of ether oxygens (including phenoxy) is 1. The van der Waals surface area contributed by atoms with Crippen molar-refractivity contribution in [1.29, 1.82) is 0 Å². The van der Waals surface area contributed by atoms with Crippen LogP contribution in [0.2, 0.25) is 0 Å². The SMILES string of the molecule is COC[C@@](C)(NC(=O)c1ccc(F)nc1)C(F)(F)F. The van der Waals surface area contributed by atoms with E-state index in [1.54, 1.807) is 0 Å². The normalized spacial score (nSPS) is 14.8. The summed E-state index contributed by atoms with van der Waals surface area (Å²) in [5, 5.41) is 1.82. The van der Waals surface area contributed by atoms with Gasteiger partial charge in [-0.05, 0) is 19.1 Å². The zero-order valence-electron chi connectivity index (χ0n) is 10.2. The smallest absolute Gasteiger partial charge is 0.382 e. The number of carbonyl (C=O) groups excluding carboxylic acids is 1. The fourth-order valence-electron chi connectivity index (χ4n) is 1.31. The molecule has 4 nitrogen and oxygen atoms in total. The maximum absolute atomic E-state index is 12.9. The third-order valence-electron chi connectivity index (χ3n) is 2.44. The summed E-state index contributed by atoms with van der Waals surface area (Å²) in [4.78, 5) is 14.9. The number of hydrogen-bond donors (Lipinski definition) is 1. The molecule has 1 N–H and O–H groups in total. The van der Waals surface area contributed by atoms with Crippen LogP contribution in [0.3, 0.4) is 0 Å². The van der Waals surface area contributed by atoms with Crippen LogP contribution in [-0.4, -0.2) is 36.3 Å². The quantitative estimate of drug-likeness (QED) is 0.677. The number of methoxy groups -OCH3 is 1. The number of nitrogens with one attached hydrogen (secondary N) is 1. The highest BCUT2D eigenvalue weighted by Gasteiger charge is 2.52. The number of amides is 1. The van der Waals surface area contributed by atoms with Gasteiger partial charge in [0.15, 0.2) is 5.54 Å².